The van der Waals surface area contributed by atoms with Crippen LogP contribution in [0.3, 0.4) is 0 Å². The van der Waals surface area contributed by atoms with Gasteiger partial charge in [-0.1, -0.05) is 22.8 Å². The molecule has 1 rings (SSSR count). The highest BCUT2D eigenvalue weighted by atomic mass is 14.4. The second kappa shape index (κ2) is 3.04. The second-order valence-electron chi connectivity index (χ2n) is 3.33. The summed E-state index contributed by atoms with van der Waals surface area (Å²) in [5, 5.41) is 7.19. The van der Waals surface area contributed by atoms with E-state index in [1.807, 2.05) is 0 Å². The molecule has 0 saturated carbocycles. The number of rotatable bonds is 1. The Morgan fingerprint density at radius 3 is 2.64 bits per heavy atom. The van der Waals surface area contributed by atoms with Crippen LogP contribution in [0.2, 0.25) is 0 Å². The van der Waals surface area contributed by atoms with Crippen LogP contribution in [0.1, 0.15) is 27.2 Å². The number of allylic oxidation sites excluding steroid dienone is 4. The van der Waals surface area contributed by atoms with Gasteiger partial charge in [0.1, 0.15) is 0 Å². The highest BCUT2D eigenvalue weighted by Crippen LogP contribution is 2.26. The average molecular weight is 149 g/mol. The number of nitrogens with one attached hydrogen (secondary N) is 1. The van der Waals surface area contributed by atoms with E-state index in [0.717, 1.165) is 6.42 Å². The van der Waals surface area contributed by atoms with Crippen LogP contribution in [0.4, 0.5) is 0 Å². The Morgan fingerprint density at radius 1 is 1.45 bits per heavy atom. The summed E-state index contributed by atoms with van der Waals surface area (Å²) in [6.45, 7) is 6.39. The van der Waals surface area contributed by atoms with Crippen LogP contribution < -0.4 is 0 Å². The van der Waals surface area contributed by atoms with Crippen molar-refractivity contribution in [3.05, 3.63) is 22.8 Å². The zero-order valence-electron chi connectivity index (χ0n) is 7.44. The molecule has 0 heterocycles. The molecule has 0 aromatic heterocycles. The van der Waals surface area contributed by atoms with Crippen molar-refractivity contribution in [3.8, 4) is 0 Å². The highest BCUT2D eigenvalue weighted by molar-refractivity contribution is 5.63. The molecule has 1 unspecified atom stereocenters. The Labute approximate surface area is 68.3 Å². The number of hydrogen-bond donors (Lipinski definition) is 1. The lowest BCUT2D eigenvalue weighted by Crippen LogP contribution is -2.08. The second-order valence-corrected chi connectivity index (χ2v) is 3.33. The first-order valence-corrected chi connectivity index (χ1v) is 4.00. The van der Waals surface area contributed by atoms with E-state index in [2.05, 4.69) is 26.8 Å². The highest BCUT2D eigenvalue weighted by Gasteiger charge is 2.13. The Hall–Kier alpha value is -0.850. The van der Waals surface area contributed by atoms with Gasteiger partial charge in [0.05, 0.1) is 0 Å². The van der Waals surface area contributed by atoms with Crippen molar-refractivity contribution in [3.63, 3.8) is 0 Å². The normalized spacial score (nSPS) is 25.0. The molecule has 1 atom stereocenters. The maximum absolute atomic E-state index is 7.19. The largest absolute Gasteiger partial charge is 0.312 e. The van der Waals surface area contributed by atoms with Crippen molar-refractivity contribution < 1.29 is 0 Å². The fourth-order valence-corrected chi connectivity index (χ4v) is 1.41. The van der Waals surface area contributed by atoms with Gasteiger partial charge in [0.15, 0.2) is 0 Å². The molecule has 1 N–H and O–H groups in total. The van der Waals surface area contributed by atoms with Gasteiger partial charge in [-0.25, -0.2) is 0 Å². The van der Waals surface area contributed by atoms with Crippen LogP contribution >= 0.6 is 0 Å². The molecule has 1 aliphatic carbocycles. The van der Waals surface area contributed by atoms with Crippen molar-refractivity contribution in [2.75, 3.05) is 0 Å². The van der Waals surface area contributed by atoms with Crippen LogP contribution in [-0.4, -0.2) is 6.21 Å². The lowest BCUT2D eigenvalue weighted by Gasteiger charge is -2.19. The first kappa shape index (κ1) is 8.25. The van der Waals surface area contributed by atoms with E-state index < -0.39 is 0 Å². The molecule has 1 nitrogen and oxygen atoms in total. The van der Waals surface area contributed by atoms with Gasteiger partial charge in [0, 0.05) is 12.1 Å². The van der Waals surface area contributed by atoms with Crippen LogP contribution in [0, 0.1) is 11.3 Å². The van der Waals surface area contributed by atoms with Gasteiger partial charge in [0.2, 0.25) is 0 Å². The fourth-order valence-electron chi connectivity index (χ4n) is 1.41. The monoisotopic (exact) mass is 149 g/mol. The summed E-state index contributed by atoms with van der Waals surface area (Å²) in [7, 11) is 0. The molecule has 1 aliphatic rings. The Bertz CT molecular complexity index is 233. The minimum atomic E-state index is 0.360. The molecule has 0 aromatic rings. The summed E-state index contributed by atoms with van der Waals surface area (Å²) < 4.78 is 0. The standard InChI is InChI=1S/C10H15N/c1-7-4-9(3)10(6-11)5-8(7)2/h4,6,10-11H,5H2,1-3H3. The van der Waals surface area contributed by atoms with Crippen LogP contribution in [0.5, 0.6) is 0 Å². The molecule has 0 spiro atoms. The minimum Gasteiger partial charge on any atom is -0.312 e. The van der Waals surface area contributed by atoms with Gasteiger partial charge in [0.25, 0.3) is 0 Å². The summed E-state index contributed by atoms with van der Waals surface area (Å²) >= 11 is 0. The van der Waals surface area contributed by atoms with E-state index in [0.29, 0.717) is 5.92 Å². The van der Waals surface area contributed by atoms with Gasteiger partial charge < -0.3 is 5.41 Å². The maximum Gasteiger partial charge on any atom is 0.0183 e. The third kappa shape index (κ3) is 1.59. The van der Waals surface area contributed by atoms with Crippen LogP contribution in [0.25, 0.3) is 0 Å². The van der Waals surface area contributed by atoms with Crippen molar-refractivity contribution in [2.24, 2.45) is 5.92 Å². The van der Waals surface area contributed by atoms with Gasteiger partial charge >= 0.3 is 0 Å². The first-order valence-electron chi connectivity index (χ1n) is 4.00. The van der Waals surface area contributed by atoms with E-state index in [4.69, 9.17) is 5.41 Å². The molecule has 60 valence electrons. The molecule has 0 bridgehead atoms. The maximum atomic E-state index is 7.19. The van der Waals surface area contributed by atoms with Crippen molar-refractivity contribution in [2.45, 2.75) is 27.2 Å². The molecule has 0 amide bonds. The summed E-state index contributed by atoms with van der Waals surface area (Å²) in [6, 6.07) is 0. The smallest absolute Gasteiger partial charge is 0.0183 e. The topological polar surface area (TPSA) is 23.9 Å². The third-order valence-electron chi connectivity index (χ3n) is 2.43. The Kier molecular flexibility index (Phi) is 2.28. The van der Waals surface area contributed by atoms with E-state index in [9.17, 15) is 0 Å². The van der Waals surface area contributed by atoms with Crippen LogP contribution in [0.15, 0.2) is 22.8 Å². The Balaban J connectivity index is 2.90. The zero-order chi connectivity index (χ0) is 8.43. The lowest BCUT2D eigenvalue weighted by atomic mass is 9.86. The van der Waals surface area contributed by atoms with Crippen molar-refractivity contribution in [1.82, 2.24) is 0 Å². The molecule has 0 saturated heterocycles. The number of hydrogen-bond acceptors (Lipinski definition) is 1. The summed E-state index contributed by atoms with van der Waals surface area (Å²) in [5.41, 5.74) is 4.12. The quantitative estimate of drug-likeness (QED) is 0.554. The predicted octanol–water partition coefficient (Wildman–Crippen LogP) is 2.94. The van der Waals surface area contributed by atoms with E-state index in [1.165, 1.54) is 16.7 Å². The lowest BCUT2D eigenvalue weighted by molar-refractivity contribution is 0.772. The van der Waals surface area contributed by atoms with Gasteiger partial charge in [-0.05, 0) is 27.2 Å². The molecule has 0 fully saturated rings. The third-order valence-corrected chi connectivity index (χ3v) is 2.43. The van der Waals surface area contributed by atoms with E-state index in [1.54, 1.807) is 6.21 Å². The zero-order valence-corrected chi connectivity index (χ0v) is 7.44. The first-order chi connectivity index (χ1) is 5.15. The molecular weight excluding hydrogens is 134 g/mol. The van der Waals surface area contributed by atoms with Crippen LogP contribution in [-0.2, 0) is 0 Å². The average Bonchev–Trinajstić information content (AvgIpc) is 1.97. The summed E-state index contributed by atoms with van der Waals surface area (Å²) in [5.74, 6) is 0.360. The van der Waals surface area contributed by atoms with Crippen molar-refractivity contribution >= 4 is 6.21 Å². The van der Waals surface area contributed by atoms with Crippen molar-refractivity contribution in [1.29, 1.82) is 5.41 Å². The van der Waals surface area contributed by atoms with E-state index in [-0.39, 0.29) is 0 Å². The molecular formula is C10H15N. The molecule has 0 aromatic carbocycles. The van der Waals surface area contributed by atoms with Gasteiger partial charge in [-0.2, -0.15) is 0 Å². The minimum absolute atomic E-state index is 0.360. The SMILES string of the molecule is CC1=CC(C)=C(C)CC1C=N. The fraction of sp³-hybridized carbons (Fsp3) is 0.500. The molecule has 11 heavy (non-hydrogen) atoms. The summed E-state index contributed by atoms with van der Waals surface area (Å²) in [4.78, 5) is 0. The molecule has 0 radical (unpaired) electrons. The Morgan fingerprint density at radius 2 is 2.09 bits per heavy atom. The van der Waals surface area contributed by atoms with E-state index >= 15 is 0 Å². The van der Waals surface area contributed by atoms with Gasteiger partial charge in [-0.3, -0.25) is 0 Å². The molecule has 0 aliphatic heterocycles. The van der Waals surface area contributed by atoms with Gasteiger partial charge in [-0.15, -0.1) is 0 Å². The summed E-state index contributed by atoms with van der Waals surface area (Å²) in [6.07, 6.45) is 4.77. The molecule has 1 heteroatoms. The predicted molar refractivity (Wildman–Crippen MR) is 49.0 cm³/mol.